The fourth-order valence-corrected chi connectivity index (χ4v) is 4.37. The Bertz CT molecular complexity index is 1380. The lowest BCUT2D eigenvalue weighted by Crippen LogP contribution is -2.45. The highest BCUT2D eigenvalue weighted by molar-refractivity contribution is 6.07. The maximum Gasteiger partial charge on any atom is 0.252 e. The molecule has 4 aromatic rings. The van der Waals surface area contributed by atoms with Crippen LogP contribution in [0.2, 0.25) is 0 Å². The highest BCUT2D eigenvalue weighted by atomic mass is 16.2. The van der Waals surface area contributed by atoms with Gasteiger partial charge in [-0.3, -0.25) is 19.6 Å². The van der Waals surface area contributed by atoms with Crippen molar-refractivity contribution in [2.24, 2.45) is 5.92 Å². The van der Waals surface area contributed by atoms with E-state index < -0.39 is 0 Å². The maximum atomic E-state index is 13.2. The van der Waals surface area contributed by atoms with E-state index in [1.807, 2.05) is 74.5 Å². The zero-order chi connectivity index (χ0) is 22.9. The van der Waals surface area contributed by atoms with Crippen LogP contribution in [0.5, 0.6) is 0 Å². The number of benzene rings is 2. The number of carbonyl (C=O) groups is 2. The molecule has 1 fully saturated rings. The molecule has 6 nitrogen and oxygen atoms in total. The zero-order valence-corrected chi connectivity index (χ0v) is 18.8. The Morgan fingerprint density at radius 3 is 1.91 bits per heavy atom. The van der Waals surface area contributed by atoms with Crippen molar-refractivity contribution in [2.75, 3.05) is 6.54 Å². The number of aromatic nitrogens is 2. The third-order valence-corrected chi connectivity index (χ3v) is 6.17. The van der Waals surface area contributed by atoms with Crippen molar-refractivity contribution in [1.29, 1.82) is 0 Å². The third kappa shape index (κ3) is 4.42. The molecule has 2 N–H and O–H groups in total. The van der Waals surface area contributed by atoms with Gasteiger partial charge in [-0.1, -0.05) is 36.4 Å². The summed E-state index contributed by atoms with van der Waals surface area (Å²) in [5, 5.41) is 7.88. The number of hydrogen-bond acceptors (Lipinski definition) is 4. The van der Waals surface area contributed by atoms with Gasteiger partial charge < -0.3 is 10.6 Å². The van der Waals surface area contributed by atoms with Crippen LogP contribution >= 0.6 is 0 Å². The summed E-state index contributed by atoms with van der Waals surface area (Å²) in [6.07, 6.45) is 2.10. The number of fused-ring (bicyclic) bond motifs is 2. The molecule has 1 saturated carbocycles. The molecule has 0 spiro atoms. The van der Waals surface area contributed by atoms with Crippen LogP contribution in [-0.2, 0) is 0 Å². The Morgan fingerprint density at radius 1 is 0.848 bits per heavy atom. The van der Waals surface area contributed by atoms with Gasteiger partial charge in [0, 0.05) is 34.7 Å². The molecule has 1 aliphatic carbocycles. The van der Waals surface area contributed by atoms with E-state index in [9.17, 15) is 9.59 Å². The Kier molecular flexibility index (Phi) is 5.50. The molecule has 5 rings (SSSR count). The van der Waals surface area contributed by atoms with Crippen LogP contribution in [0.3, 0.4) is 0 Å². The van der Waals surface area contributed by atoms with Crippen LogP contribution < -0.4 is 10.6 Å². The van der Waals surface area contributed by atoms with E-state index in [0.29, 0.717) is 23.6 Å². The average molecular weight is 439 g/mol. The van der Waals surface area contributed by atoms with Gasteiger partial charge in [-0.25, -0.2) is 0 Å². The minimum Gasteiger partial charge on any atom is -0.350 e. The van der Waals surface area contributed by atoms with Gasteiger partial charge in [0.15, 0.2) is 0 Å². The minimum atomic E-state index is -0.151. The van der Waals surface area contributed by atoms with Crippen LogP contribution in [0.1, 0.15) is 44.9 Å². The molecular weight excluding hydrogens is 412 g/mol. The van der Waals surface area contributed by atoms with Crippen molar-refractivity contribution in [1.82, 2.24) is 20.6 Å². The highest BCUT2D eigenvalue weighted by Gasteiger charge is 2.33. The van der Waals surface area contributed by atoms with E-state index in [1.165, 1.54) is 0 Å². The van der Waals surface area contributed by atoms with E-state index in [1.54, 1.807) is 0 Å². The molecule has 2 aromatic heterocycles. The molecule has 1 atom stereocenters. The van der Waals surface area contributed by atoms with E-state index >= 15 is 0 Å². The molecule has 2 aromatic carbocycles. The third-order valence-electron chi connectivity index (χ3n) is 6.17. The van der Waals surface area contributed by atoms with E-state index in [2.05, 4.69) is 20.6 Å². The van der Waals surface area contributed by atoms with Gasteiger partial charge in [0.2, 0.25) is 0 Å². The van der Waals surface area contributed by atoms with Crippen molar-refractivity contribution >= 4 is 33.6 Å². The summed E-state index contributed by atoms with van der Waals surface area (Å²) in [7, 11) is 0. The Labute approximate surface area is 192 Å². The van der Waals surface area contributed by atoms with Gasteiger partial charge in [-0.05, 0) is 56.9 Å². The summed E-state index contributed by atoms with van der Waals surface area (Å²) in [4.78, 5) is 35.3. The predicted octanol–water partition coefficient (Wildman–Crippen LogP) is 4.34. The minimum absolute atomic E-state index is 0.122. The highest BCUT2D eigenvalue weighted by Crippen LogP contribution is 2.33. The van der Waals surface area contributed by atoms with Crippen molar-refractivity contribution in [2.45, 2.75) is 32.7 Å². The van der Waals surface area contributed by atoms with Crippen molar-refractivity contribution in [3.63, 3.8) is 0 Å². The topological polar surface area (TPSA) is 84.0 Å². The van der Waals surface area contributed by atoms with Crippen LogP contribution in [0, 0.1) is 19.8 Å². The second-order valence-electron chi connectivity index (χ2n) is 8.78. The van der Waals surface area contributed by atoms with Crippen molar-refractivity contribution < 1.29 is 9.59 Å². The van der Waals surface area contributed by atoms with Gasteiger partial charge >= 0.3 is 0 Å². The predicted molar refractivity (Wildman–Crippen MR) is 129 cm³/mol. The van der Waals surface area contributed by atoms with Crippen LogP contribution in [-0.4, -0.2) is 34.4 Å². The number of nitrogens with one attached hydrogen (secondary N) is 2. The van der Waals surface area contributed by atoms with Gasteiger partial charge in [0.1, 0.15) is 0 Å². The Balaban J connectivity index is 1.34. The molecule has 2 amide bonds. The van der Waals surface area contributed by atoms with Crippen LogP contribution in [0.25, 0.3) is 21.8 Å². The molecule has 0 aliphatic heterocycles. The first-order valence-electron chi connectivity index (χ1n) is 11.3. The molecule has 33 heavy (non-hydrogen) atoms. The van der Waals surface area contributed by atoms with Crippen molar-refractivity contribution in [3.05, 3.63) is 83.2 Å². The largest absolute Gasteiger partial charge is 0.350 e. The number of hydrogen-bond donors (Lipinski definition) is 2. The number of para-hydroxylation sites is 2. The Hall–Kier alpha value is -3.80. The number of aryl methyl sites for hydroxylation is 2. The molecule has 2 heterocycles. The monoisotopic (exact) mass is 438 g/mol. The number of amides is 2. The molecular formula is C27H26N4O2. The van der Waals surface area contributed by atoms with Crippen molar-refractivity contribution in [3.8, 4) is 0 Å². The SMILES string of the molecule is Cc1cc(C(=O)NCC(NC(=O)c2cc(C)nc3ccccc23)C2CC2)c2ccccc2n1. The van der Waals surface area contributed by atoms with Gasteiger partial charge in [0.05, 0.1) is 22.2 Å². The van der Waals surface area contributed by atoms with Gasteiger partial charge in [0.25, 0.3) is 11.8 Å². The molecule has 6 heteroatoms. The molecule has 1 unspecified atom stereocenters. The lowest BCUT2D eigenvalue weighted by atomic mass is 10.1. The summed E-state index contributed by atoms with van der Waals surface area (Å²) in [6.45, 7) is 4.16. The number of pyridine rings is 2. The van der Waals surface area contributed by atoms with Crippen LogP contribution in [0.4, 0.5) is 0 Å². The smallest absolute Gasteiger partial charge is 0.252 e. The van der Waals surface area contributed by atoms with Crippen LogP contribution in [0.15, 0.2) is 60.7 Å². The normalized spacial score (nSPS) is 14.2. The van der Waals surface area contributed by atoms with E-state index in [0.717, 1.165) is 46.0 Å². The number of rotatable bonds is 6. The number of nitrogens with zero attached hydrogens (tertiary/aromatic N) is 2. The quantitative estimate of drug-likeness (QED) is 0.469. The first-order valence-corrected chi connectivity index (χ1v) is 11.3. The molecule has 0 saturated heterocycles. The summed E-state index contributed by atoms with van der Waals surface area (Å²) in [5.41, 5.74) is 4.43. The second kappa shape index (κ2) is 8.62. The zero-order valence-electron chi connectivity index (χ0n) is 18.8. The average Bonchev–Trinajstić information content (AvgIpc) is 3.65. The standard InChI is InChI=1S/C27H26N4O2/c1-16-13-21(19-7-3-5-9-23(19)29-16)26(32)28-15-25(18-11-12-18)31-27(33)22-14-17(2)30-24-10-6-4-8-20(22)24/h3-10,13-14,18,25H,11-12,15H2,1-2H3,(H,28,32)(H,31,33). The lowest BCUT2D eigenvalue weighted by molar-refractivity contribution is 0.0905. The fraction of sp³-hybridized carbons (Fsp3) is 0.259. The summed E-state index contributed by atoms with van der Waals surface area (Å²) < 4.78 is 0. The van der Waals surface area contributed by atoms with Gasteiger partial charge in [-0.15, -0.1) is 0 Å². The molecule has 1 aliphatic rings. The molecule has 0 bridgehead atoms. The number of carbonyl (C=O) groups excluding carboxylic acids is 2. The first kappa shape index (κ1) is 21.1. The summed E-state index contributed by atoms with van der Waals surface area (Å²) in [6, 6.07) is 18.8. The fourth-order valence-electron chi connectivity index (χ4n) is 4.37. The summed E-state index contributed by atoms with van der Waals surface area (Å²) in [5.74, 6) is 0.0919. The molecule has 0 radical (unpaired) electrons. The van der Waals surface area contributed by atoms with E-state index in [-0.39, 0.29) is 17.9 Å². The summed E-state index contributed by atoms with van der Waals surface area (Å²) >= 11 is 0. The van der Waals surface area contributed by atoms with E-state index in [4.69, 9.17) is 0 Å². The Morgan fingerprint density at radius 2 is 1.36 bits per heavy atom. The maximum absolute atomic E-state index is 13.2. The second-order valence-corrected chi connectivity index (χ2v) is 8.78. The molecule has 166 valence electrons. The lowest BCUT2D eigenvalue weighted by Gasteiger charge is -2.20. The van der Waals surface area contributed by atoms with Gasteiger partial charge in [-0.2, -0.15) is 0 Å². The first-order chi connectivity index (χ1) is 16.0.